The van der Waals surface area contributed by atoms with E-state index in [1.807, 2.05) is 6.07 Å². The molecule has 1 aliphatic rings. The van der Waals surface area contributed by atoms with Crippen LogP contribution in [0.3, 0.4) is 0 Å². The zero-order valence-corrected chi connectivity index (χ0v) is 10.7. The van der Waals surface area contributed by atoms with Crippen LogP contribution in [0.1, 0.15) is 18.5 Å². The smallest absolute Gasteiger partial charge is 0.259 e. The van der Waals surface area contributed by atoms with Crippen molar-refractivity contribution in [1.82, 2.24) is 14.3 Å². The lowest BCUT2D eigenvalue weighted by Gasteiger charge is -2.14. The van der Waals surface area contributed by atoms with Crippen molar-refractivity contribution >= 4 is 17.2 Å². The SMILES string of the molecule is O=c1cc(CN2CCCC2)nc2cccc(Cl)n12. The maximum Gasteiger partial charge on any atom is 0.259 e. The van der Waals surface area contributed by atoms with Gasteiger partial charge in [0.05, 0.1) is 5.69 Å². The van der Waals surface area contributed by atoms with Gasteiger partial charge in [0.15, 0.2) is 0 Å². The molecule has 0 bridgehead atoms. The fraction of sp³-hybridized carbons (Fsp3) is 0.385. The molecule has 2 aromatic rings. The summed E-state index contributed by atoms with van der Waals surface area (Å²) >= 11 is 6.00. The molecule has 0 aromatic carbocycles. The normalized spacial score (nSPS) is 16.5. The second kappa shape index (κ2) is 4.71. The van der Waals surface area contributed by atoms with Crippen LogP contribution in [0.25, 0.3) is 5.65 Å². The predicted molar refractivity (Wildman–Crippen MR) is 71.0 cm³/mol. The second-order valence-corrected chi connectivity index (χ2v) is 5.00. The molecule has 0 saturated carbocycles. The second-order valence-electron chi connectivity index (χ2n) is 4.61. The van der Waals surface area contributed by atoms with Crippen LogP contribution in [0.4, 0.5) is 0 Å². The lowest BCUT2D eigenvalue weighted by molar-refractivity contribution is 0.327. The highest BCUT2D eigenvalue weighted by atomic mass is 35.5. The standard InChI is InChI=1S/C13H14ClN3O/c14-11-4-3-5-12-15-10(8-13(18)17(11)12)9-16-6-1-2-7-16/h3-5,8H,1-2,6-7,9H2. The highest BCUT2D eigenvalue weighted by Gasteiger charge is 2.13. The third-order valence-corrected chi connectivity index (χ3v) is 3.57. The monoisotopic (exact) mass is 263 g/mol. The van der Waals surface area contributed by atoms with Crippen LogP contribution >= 0.6 is 11.6 Å². The maximum atomic E-state index is 12.0. The first-order valence-electron chi connectivity index (χ1n) is 6.13. The molecule has 0 unspecified atom stereocenters. The van der Waals surface area contributed by atoms with E-state index in [2.05, 4.69) is 9.88 Å². The summed E-state index contributed by atoms with van der Waals surface area (Å²) in [6.45, 7) is 2.94. The Labute approximate surface area is 110 Å². The molecule has 4 nitrogen and oxygen atoms in total. The van der Waals surface area contributed by atoms with E-state index in [1.54, 1.807) is 18.2 Å². The molecule has 0 spiro atoms. The lowest BCUT2D eigenvalue weighted by Crippen LogP contribution is -2.22. The van der Waals surface area contributed by atoms with Gasteiger partial charge in [0.25, 0.3) is 5.56 Å². The number of aromatic nitrogens is 2. The summed E-state index contributed by atoms with van der Waals surface area (Å²) in [7, 11) is 0. The topological polar surface area (TPSA) is 37.6 Å². The molecule has 94 valence electrons. The zero-order chi connectivity index (χ0) is 12.5. The first-order valence-corrected chi connectivity index (χ1v) is 6.51. The van der Waals surface area contributed by atoms with Gasteiger partial charge in [0, 0.05) is 12.6 Å². The largest absolute Gasteiger partial charge is 0.298 e. The van der Waals surface area contributed by atoms with Crippen molar-refractivity contribution in [2.75, 3.05) is 13.1 Å². The fourth-order valence-electron chi connectivity index (χ4n) is 2.41. The number of nitrogens with zero attached hydrogens (tertiary/aromatic N) is 3. The van der Waals surface area contributed by atoms with Crippen molar-refractivity contribution in [1.29, 1.82) is 0 Å². The first kappa shape index (κ1) is 11.7. The van der Waals surface area contributed by atoms with E-state index in [-0.39, 0.29) is 5.56 Å². The van der Waals surface area contributed by atoms with Crippen molar-refractivity contribution in [3.8, 4) is 0 Å². The summed E-state index contributed by atoms with van der Waals surface area (Å²) in [6.07, 6.45) is 2.47. The first-order chi connectivity index (χ1) is 8.74. The van der Waals surface area contributed by atoms with Gasteiger partial charge in [-0.15, -0.1) is 0 Å². The molecule has 3 rings (SSSR count). The molecule has 1 saturated heterocycles. The number of halogens is 1. The van der Waals surface area contributed by atoms with Gasteiger partial charge in [-0.05, 0) is 38.1 Å². The van der Waals surface area contributed by atoms with E-state index >= 15 is 0 Å². The lowest BCUT2D eigenvalue weighted by atomic mass is 10.3. The minimum absolute atomic E-state index is 0.111. The number of fused-ring (bicyclic) bond motifs is 1. The van der Waals surface area contributed by atoms with Crippen LogP contribution in [0.15, 0.2) is 29.1 Å². The van der Waals surface area contributed by atoms with E-state index < -0.39 is 0 Å². The fourth-order valence-corrected chi connectivity index (χ4v) is 2.66. The van der Waals surface area contributed by atoms with E-state index in [0.717, 1.165) is 25.3 Å². The van der Waals surface area contributed by atoms with Crippen molar-refractivity contribution in [2.24, 2.45) is 0 Å². The van der Waals surface area contributed by atoms with Crippen molar-refractivity contribution in [2.45, 2.75) is 19.4 Å². The van der Waals surface area contributed by atoms with Crippen LogP contribution in [-0.2, 0) is 6.54 Å². The maximum absolute atomic E-state index is 12.0. The Morgan fingerprint density at radius 2 is 2.06 bits per heavy atom. The van der Waals surface area contributed by atoms with Crippen molar-refractivity contribution < 1.29 is 0 Å². The minimum Gasteiger partial charge on any atom is -0.298 e. The van der Waals surface area contributed by atoms with Crippen molar-refractivity contribution in [3.63, 3.8) is 0 Å². The molecule has 18 heavy (non-hydrogen) atoms. The summed E-state index contributed by atoms with van der Waals surface area (Å²) < 4.78 is 1.43. The highest BCUT2D eigenvalue weighted by Crippen LogP contribution is 2.13. The van der Waals surface area contributed by atoms with Crippen LogP contribution in [0.5, 0.6) is 0 Å². The zero-order valence-electron chi connectivity index (χ0n) is 9.97. The van der Waals surface area contributed by atoms with E-state index in [0.29, 0.717) is 10.8 Å². The summed E-state index contributed by atoms with van der Waals surface area (Å²) in [6, 6.07) is 6.89. The Hall–Kier alpha value is -1.39. The number of rotatable bonds is 2. The molecule has 0 amide bonds. The molecule has 0 radical (unpaired) electrons. The van der Waals surface area contributed by atoms with E-state index in [4.69, 9.17) is 11.6 Å². The van der Waals surface area contributed by atoms with E-state index in [9.17, 15) is 4.79 Å². The summed E-state index contributed by atoms with van der Waals surface area (Å²) in [5.74, 6) is 0. The van der Waals surface area contributed by atoms with Crippen LogP contribution in [0, 0.1) is 0 Å². The Morgan fingerprint density at radius 1 is 1.28 bits per heavy atom. The molecule has 2 aromatic heterocycles. The molecule has 3 heterocycles. The Bertz CT molecular complexity index is 632. The van der Waals surface area contributed by atoms with Gasteiger partial charge >= 0.3 is 0 Å². The molecule has 5 heteroatoms. The number of likely N-dealkylation sites (tertiary alicyclic amines) is 1. The predicted octanol–water partition coefficient (Wildman–Crippen LogP) is 1.94. The summed E-state index contributed by atoms with van der Waals surface area (Å²) in [4.78, 5) is 18.8. The Balaban J connectivity index is 2.02. The van der Waals surface area contributed by atoms with Gasteiger partial charge in [0.2, 0.25) is 0 Å². The Morgan fingerprint density at radius 3 is 2.83 bits per heavy atom. The van der Waals surface area contributed by atoms with Crippen LogP contribution in [-0.4, -0.2) is 27.4 Å². The Kier molecular flexibility index (Phi) is 3.06. The number of hydrogen-bond donors (Lipinski definition) is 0. The average molecular weight is 264 g/mol. The molecule has 1 aliphatic heterocycles. The summed E-state index contributed by atoms with van der Waals surface area (Å²) in [5.41, 5.74) is 1.33. The molecule has 0 N–H and O–H groups in total. The van der Waals surface area contributed by atoms with Gasteiger partial charge in [-0.2, -0.15) is 0 Å². The quantitative estimate of drug-likeness (QED) is 0.777. The highest BCUT2D eigenvalue weighted by molar-refractivity contribution is 6.29. The molecule has 0 atom stereocenters. The summed E-state index contributed by atoms with van der Waals surface area (Å²) in [5, 5.41) is 0.401. The van der Waals surface area contributed by atoms with Gasteiger partial charge in [-0.1, -0.05) is 17.7 Å². The molecule has 0 aliphatic carbocycles. The molecular weight excluding hydrogens is 250 g/mol. The van der Waals surface area contributed by atoms with Crippen LogP contribution < -0.4 is 5.56 Å². The van der Waals surface area contributed by atoms with Gasteiger partial charge in [0.1, 0.15) is 10.8 Å². The van der Waals surface area contributed by atoms with Crippen molar-refractivity contribution in [3.05, 3.63) is 45.5 Å². The molecule has 1 fully saturated rings. The third kappa shape index (κ3) is 2.13. The van der Waals surface area contributed by atoms with Crippen LogP contribution in [0.2, 0.25) is 5.15 Å². The number of pyridine rings is 1. The molecular formula is C13H14ClN3O. The number of hydrogen-bond acceptors (Lipinski definition) is 3. The average Bonchev–Trinajstić information content (AvgIpc) is 2.81. The van der Waals surface area contributed by atoms with Gasteiger partial charge < -0.3 is 0 Å². The minimum atomic E-state index is -0.111. The van der Waals surface area contributed by atoms with E-state index in [1.165, 1.54) is 17.2 Å². The van der Waals surface area contributed by atoms with Gasteiger partial charge in [-0.3, -0.25) is 14.1 Å². The third-order valence-electron chi connectivity index (χ3n) is 3.27. The van der Waals surface area contributed by atoms with Gasteiger partial charge in [-0.25, -0.2) is 4.98 Å².